The summed E-state index contributed by atoms with van der Waals surface area (Å²) in [7, 11) is 0. The Morgan fingerprint density at radius 3 is 2.53 bits per heavy atom. The van der Waals surface area contributed by atoms with Gasteiger partial charge >= 0.3 is 12.1 Å². The molecule has 2 aromatic carbocycles. The van der Waals surface area contributed by atoms with Crippen molar-refractivity contribution in [3.8, 4) is 11.4 Å². The summed E-state index contributed by atoms with van der Waals surface area (Å²) in [6, 6.07) is 7.87. The van der Waals surface area contributed by atoms with E-state index in [1.54, 1.807) is 51.1 Å². The van der Waals surface area contributed by atoms with E-state index in [9.17, 15) is 29.1 Å². The quantitative estimate of drug-likeness (QED) is 0.140. The average Bonchev–Trinajstić information content (AvgIpc) is 3.53. The third-order valence-electron chi connectivity index (χ3n) is 11.2. The molecule has 15 heteroatoms. The Balaban J connectivity index is 1.11. The van der Waals surface area contributed by atoms with Crippen molar-refractivity contribution in [3.05, 3.63) is 91.5 Å². The van der Waals surface area contributed by atoms with Gasteiger partial charge in [-0.1, -0.05) is 32.9 Å². The second-order valence-corrected chi connectivity index (χ2v) is 14.9. The maximum Gasteiger partial charge on any atom is 0.407 e. The number of quaternary nitrogens is 1. The minimum Gasteiger partial charge on any atom is -0.458 e. The maximum atomic E-state index is 15.3. The summed E-state index contributed by atoms with van der Waals surface area (Å²) < 4.78 is 27.6. The summed E-state index contributed by atoms with van der Waals surface area (Å²) in [6.07, 6.45) is 0.193. The van der Waals surface area contributed by atoms with Gasteiger partial charge in [-0.15, -0.1) is 0 Å². The number of pyridine rings is 2. The van der Waals surface area contributed by atoms with Crippen LogP contribution in [0, 0.1) is 18.7 Å². The number of aryl methyl sites for hydroxylation is 1. The van der Waals surface area contributed by atoms with Crippen molar-refractivity contribution in [3.63, 3.8) is 0 Å². The van der Waals surface area contributed by atoms with Crippen LogP contribution in [-0.2, 0) is 55.6 Å². The number of ether oxygens (including phenoxy) is 2. The van der Waals surface area contributed by atoms with Gasteiger partial charge in [-0.25, -0.2) is 19.0 Å². The summed E-state index contributed by atoms with van der Waals surface area (Å²) in [5.41, 5.74) is 6.72. The van der Waals surface area contributed by atoms with E-state index in [-0.39, 0.29) is 49.1 Å². The molecule has 4 unspecified atom stereocenters. The third-order valence-corrected chi connectivity index (χ3v) is 11.2. The molecule has 4 aromatic rings. The molecule has 4 atom stereocenters. The topological polar surface area (TPSA) is 206 Å². The minimum absolute atomic E-state index is 0.00974. The number of amides is 3. The number of halogens is 1. The molecule has 7 N–H and O–H groups in total. The Kier molecular flexibility index (Phi) is 9.71. The Morgan fingerprint density at radius 1 is 1.11 bits per heavy atom. The van der Waals surface area contributed by atoms with E-state index in [2.05, 4.69) is 21.7 Å². The molecular formula is C40H44FN6O8+. The summed E-state index contributed by atoms with van der Waals surface area (Å²) >= 11 is 0. The standard InChI is InChI=1S/C40H43FN6O8/c1-6-40(53)26-13-30-34-24(15-47(30)37(50)25(26)17-54-38(40)51)32-28(12-11-23-19(4)27(41)14-29(45-34)31(23)32)46-39(52)55-16-21-7-9-22(10-8-21)44-35(48)20(5)43-36(49)33(42)18(2)3/h7-10,13-14,18,20,28,33,53H,6,11-12,15-17,42H2,1-5H3,(H,43,49)(H,44,48)(H,46,52)/p+1. The smallest absolute Gasteiger partial charge is 0.407 e. The van der Waals surface area contributed by atoms with Gasteiger partial charge in [0.25, 0.3) is 11.5 Å². The van der Waals surface area contributed by atoms with Crippen LogP contribution in [0.15, 0.2) is 41.2 Å². The number of cyclic esters (lactones) is 1. The number of nitrogens with one attached hydrogen (secondary N) is 3. The fourth-order valence-electron chi connectivity index (χ4n) is 7.66. The highest BCUT2D eigenvalue weighted by Gasteiger charge is 2.46. The Hall–Kier alpha value is -5.67. The fourth-order valence-corrected chi connectivity index (χ4v) is 7.66. The zero-order valence-corrected chi connectivity index (χ0v) is 31.3. The summed E-state index contributed by atoms with van der Waals surface area (Å²) in [6.45, 7) is 8.45. The number of anilines is 1. The SMILES string of the molecule is CCC1(O)C(=O)OCc2c1cc1n(c2=O)Cc2c-1nc1cc(F)c(C)c3c1c2C(NC(=O)OCc1ccc(NC(=O)C(C)NC(=O)C([NH3+])C(C)C)cc1)CC3. The molecule has 0 saturated heterocycles. The molecule has 55 heavy (non-hydrogen) atoms. The van der Waals surface area contributed by atoms with Crippen LogP contribution in [0.5, 0.6) is 0 Å². The average molecular weight is 756 g/mol. The summed E-state index contributed by atoms with van der Waals surface area (Å²) in [4.78, 5) is 69.7. The predicted octanol–water partition coefficient (Wildman–Crippen LogP) is 3.15. The van der Waals surface area contributed by atoms with Crippen LogP contribution in [0.4, 0.5) is 14.9 Å². The largest absolute Gasteiger partial charge is 0.458 e. The number of carbonyl (C=O) groups excluding carboxylic acids is 4. The second-order valence-electron chi connectivity index (χ2n) is 14.9. The number of aromatic nitrogens is 2. The number of rotatable bonds is 9. The van der Waals surface area contributed by atoms with E-state index in [1.807, 2.05) is 13.8 Å². The lowest BCUT2D eigenvalue weighted by Crippen LogP contribution is -2.70. The van der Waals surface area contributed by atoms with Crippen molar-refractivity contribution < 1.29 is 43.9 Å². The first-order valence-corrected chi connectivity index (χ1v) is 18.4. The highest BCUT2D eigenvalue weighted by molar-refractivity contribution is 5.97. The zero-order chi connectivity index (χ0) is 39.5. The molecule has 2 aromatic heterocycles. The van der Waals surface area contributed by atoms with E-state index < -0.39 is 53.1 Å². The first kappa shape index (κ1) is 37.6. The number of nitrogens with zero attached hydrogens (tertiary/aromatic N) is 2. The van der Waals surface area contributed by atoms with E-state index in [0.29, 0.717) is 63.1 Å². The van der Waals surface area contributed by atoms with Gasteiger partial charge in [-0.2, -0.15) is 0 Å². The Morgan fingerprint density at radius 2 is 1.84 bits per heavy atom. The van der Waals surface area contributed by atoms with Gasteiger partial charge in [0.2, 0.25) is 5.91 Å². The molecule has 288 valence electrons. The van der Waals surface area contributed by atoms with E-state index in [0.717, 1.165) is 5.56 Å². The number of carbonyl (C=O) groups is 4. The van der Waals surface area contributed by atoms with Crippen LogP contribution in [-0.4, -0.2) is 50.6 Å². The van der Waals surface area contributed by atoms with Gasteiger partial charge < -0.3 is 40.8 Å². The summed E-state index contributed by atoms with van der Waals surface area (Å²) in [5, 5.41) is 20.4. The summed E-state index contributed by atoms with van der Waals surface area (Å²) in [5.74, 6) is -1.92. The molecule has 0 radical (unpaired) electrons. The van der Waals surface area contributed by atoms with Crippen molar-refractivity contribution >= 4 is 40.5 Å². The van der Waals surface area contributed by atoms with E-state index in [4.69, 9.17) is 14.5 Å². The molecule has 14 nitrogen and oxygen atoms in total. The number of esters is 1. The monoisotopic (exact) mass is 755 g/mol. The van der Waals surface area contributed by atoms with Crippen molar-refractivity contribution in [2.75, 3.05) is 5.32 Å². The predicted molar refractivity (Wildman–Crippen MR) is 198 cm³/mol. The molecule has 0 bridgehead atoms. The lowest BCUT2D eigenvalue weighted by molar-refractivity contribution is -0.414. The number of benzene rings is 2. The van der Waals surface area contributed by atoms with Crippen LogP contribution in [0.25, 0.3) is 22.3 Å². The molecule has 0 spiro atoms. The molecule has 1 aliphatic carbocycles. The van der Waals surface area contributed by atoms with Gasteiger partial charge in [0.05, 0.1) is 35.1 Å². The minimum atomic E-state index is -2.00. The molecule has 4 heterocycles. The van der Waals surface area contributed by atoms with E-state index in [1.165, 1.54) is 10.6 Å². The lowest BCUT2D eigenvalue weighted by atomic mass is 9.81. The van der Waals surface area contributed by atoms with Crippen LogP contribution in [0.3, 0.4) is 0 Å². The van der Waals surface area contributed by atoms with Crippen LogP contribution >= 0.6 is 0 Å². The number of hydrogen-bond acceptors (Lipinski definition) is 9. The molecule has 2 aliphatic heterocycles. The molecule has 0 saturated carbocycles. The van der Waals surface area contributed by atoms with Gasteiger partial charge in [0.15, 0.2) is 11.6 Å². The van der Waals surface area contributed by atoms with Crippen molar-refractivity contribution in [1.29, 1.82) is 0 Å². The number of alkyl carbamates (subject to hydrolysis) is 1. The first-order chi connectivity index (χ1) is 26.1. The van der Waals surface area contributed by atoms with Crippen LogP contribution in [0.1, 0.15) is 85.5 Å². The highest BCUT2D eigenvalue weighted by Crippen LogP contribution is 2.46. The number of hydrogen-bond donors (Lipinski definition) is 5. The molecule has 3 amide bonds. The Labute approximate surface area is 315 Å². The Bertz CT molecular complexity index is 2340. The van der Waals surface area contributed by atoms with E-state index >= 15 is 4.39 Å². The van der Waals surface area contributed by atoms with Crippen molar-refractivity contribution in [2.24, 2.45) is 5.92 Å². The van der Waals surface area contributed by atoms with Crippen LogP contribution in [0.2, 0.25) is 0 Å². The normalized spacial score (nSPS) is 19.1. The molecule has 7 rings (SSSR count). The van der Waals surface area contributed by atoms with Crippen molar-refractivity contribution in [1.82, 2.24) is 20.2 Å². The van der Waals surface area contributed by atoms with Gasteiger partial charge in [0.1, 0.15) is 25.1 Å². The highest BCUT2D eigenvalue weighted by atomic mass is 19.1. The number of fused-ring (bicyclic) bond motifs is 5. The fraction of sp³-hybridized carbons (Fsp3) is 0.400. The second kappa shape index (κ2) is 14.2. The van der Waals surface area contributed by atoms with Gasteiger partial charge in [0, 0.05) is 34.2 Å². The maximum absolute atomic E-state index is 15.3. The van der Waals surface area contributed by atoms with Gasteiger partial charge in [-0.3, -0.25) is 14.4 Å². The zero-order valence-electron chi connectivity index (χ0n) is 31.3. The van der Waals surface area contributed by atoms with Gasteiger partial charge in [-0.05, 0) is 73.6 Å². The number of aliphatic hydroxyl groups is 1. The lowest BCUT2D eigenvalue weighted by Gasteiger charge is -2.31. The molecule has 0 fully saturated rings. The van der Waals surface area contributed by atoms with Crippen LogP contribution < -0.4 is 27.2 Å². The first-order valence-electron chi connectivity index (χ1n) is 18.4. The third kappa shape index (κ3) is 6.50. The van der Waals surface area contributed by atoms with Crippen molar-refractivity contribution in [2.45, 2.75) is 97.4 Å². The molecule has 3 aliphatic rings. The molecular weight excluding hydrogens is 711 g/mol.